The molecule has 2 atom stereocenters. The molecular formula is C34H31ClF2N6O3. The van der Waals surface area contributed by atoms with Crippen LogP contribution in [0.3, 0.4) is 0 Å². The summed E-state index contributed by atoms with van der Waals surface area (Å²) in [4.78, 5) is 37.6. The molecule has 2 aliphatic heterocycles. The molecule has 9 nitrogen and oxygen atoms in total. The summed E-state index contributed by atoms with van der Waals surface area (Å²) in [6, 6.07) is 24.8. The third kappa shape index (κ3) is 6.69. The van der Waals surface area contributed by atoms with Crippen LogP contribution in [0.25, 0.3) is 0 Å². The quantitative estimate of drug-likeness (QED) is 0.234. The second-order valence-electron chi connectivity index (χ2n) is 11.1. The van der Waals surface area contributed by atoms with E-state index in [1.54, 1.807) is 52.4 Å². The third-order valence-electron chi connectivity index (χ3n) is 8.12. The molecule has 1 saturated heterocycles. The molecule has 1 aromatic heterocycles. The Morgan fingerprint density at radius 1 is 0.978 bits per heavy atom. The van der Waals surface area contributed by atoms with Gasteiger partial charge in [0.2, 0.25) is 5.95 Å². The van der Waals surface area contributed by atoms with Gasteiger partial charge in [0, 0.05) is 43.1 Å². The van der Waals surface area contributed by atoms with Crippen LogP contribution in [-0.4, -0.2) is 60.2 Å². The van der Waals surface area contributed by atoms with Gasteiger partial charge in [-0.25, -0.2) is 23.6 Å². The molecule has 3 aromatic carbocycles. The molecule has 236 valence electrons. The van der Waals surface area contributed by atoms with E-state index in [1.807, 2.05) is 42.5 Å². The summed E-state index contributed by atoms with van der Waals surface area (Å²) >= 11 is 6.18. The van der Waals surface area contributed by atoms with E-state index in [-0.39, 0.29) is 49.2 Å². The molecule has 6 rings (SSSR count). The number of rotatable bonds is 8. The van der Waals surface area contributed by atoms with Crippen molar-refractivity contribution in [2.75, 3.05) is 36.7 Å². The van der Waals surface area contributed by atoms with Gasteiger partial charge in [0.05, 0.1) is 19.4 Å². The molecular weight excluding hydrogens is 614 g/mol. The molecule has 1 unspecified atom stereocenters. The largest absolute Gasteiger partial charge is 0.467 e. The minimum atomic E-state index is -2.75. The van der Waals surface area contributed by atoms with Gasteiger partial charge >= 0.3 is 5.97 Å². The molecule has 1 amide bonds. The fourth-order valence-electron chi connectivity index (χ4n) is 5.62. The van der Waals surface area contributed by atoms with Gasteiger partial charge in [0.15, 0.2) is 11.9 Å². The second kappa shape index (κ2) is 13.2. The van der Waals surface area contributed by atoms with Crippen molar-refractivity contribution in [1.29, 1.82) is 0 Å². The van der Waals surface area contributed by atoms with Gasteiger partial charge in [0.25, 0.3) is 11.8 Å². The first-order chi connectivity index (χ1) is 22.2. The van der Waals surface area contributed by atoms with Gasteiger partial charge in [-0.15, -0.1) is 0 Å². The van der Waals surface area contributed by atoms with Crippen LogP contribution in [-0.2, 0) is 9.53 Å². The molecule has 12 heteroatoms. The van der Waals surface area contributed by atoms with Gasteiger partial charge in [0.1, 0.15) is 5.56 Å². The maximum Gasteiger partial charge on any atom is 0.333 e. The van der Waals surface area contributed by atoms with Crippen molar-refractivity contribution in [2.45, 2.75) is 30.7 Å². The number of ether oxygens (including phenoxy) is 1. The van der Waals surface area contributed by atoms with Gasteiger partial charge in [-0.05, 0) is 28.8 Å². The zero-order chi connectivity index (χ0) is 32.3. The van der Waals surface area contributed by atoms with E-state index in [9.17, 15) is 18.4 Å². The zero-order valence-electron chi connectivity index (χ0n) is 24.9. The Morgan fingerprint density at radius 2 is 1.63 bits per heavy atom. The Kier molecular flexibility index (Phi) is 8.94. The highest BCUT2D eigenvalue weighted by Gasteiger charge is 2.37. The molecule has 0 saturated carbocycles. The number of piperidine rings is 1. The van der Waals surface area contributed by atoms with Crippen molar-refractivity contribution >= 4 is 41.0 Å². The topological polar surface area (TPSA) is 100 Å². The summed E-state index contributed by atoms with van der Waals surface area (Å²) in [5.74, 6) is -3.84. The monoisotopic (exact) mass is 644 g/mol. The number of amides is 1. The van der Waals surface area contributed by atoms with Crippen molar-refractivity contribution in [3.8, 4) is 0 Å². The number of esters is 1. The van der Waals surface area contributed by atoms with Gasteiger partial charge in [-0.3, -0.25) is 4.79 Å². The minimum absolute atomic E-state index is 0.0579. The summed E-state index contributed by atoms with van der Waals surface area (Å²) < 4.78 is 33.0. The number of alkyl halides is 2. The molecule has 0 aliphatic carbocycles. The van der Waals surface area contributed by atoms with Crippen molar-refractivity contribution in [1.82, 2.24) is 15.3 Å². The Morgan fingerprint density at radius 3 is 2.28 bits per heavy atom. The van der Waals surface area contributed by atoms with Crippen LogP contribution in [0.1, 0.15) is 51.8 Å². The Balaban J connectivity index is 1.41. The summed E-state index contributed by atoms with van der Waals surface area (Å²) in [6.07, 6.45) is 0.696. The lowest BCUT2D eigenvalue weighted by Gasteiger charge is -2.32. The molecule has 0 radical (unpaired) electrons. The highest BCUT2D eigenvalue weighted by Crippen LogP contribution is 2.35. The summed E-state index contributed by atoms with van der Waals surface area (Å²) in [5, 5.41) is 9.95. The van der Waals surface area contributed by atoms with Crippen LogP contribution in [0, 0.1) is 0 Å². The average molecular weight is 645 g/mol. The van der Waals surface area contributed by atoms with Gasteiger partial charge < -0.3 is 15.0 Å². The number of halogens is 3. The second-order valence-corrected chi connectivity index (χ2v) is 11.6. The number of nitrogens with one attached hydrogen (secondary N) is 1. The average Bonchev–Trinajstić information content (AvgIpc) is 3.53. The Labute approximate surface area is 269 Å². The molecule has 1 N–H and O–H groups in total. The number of hydrazone groups is 1. The van der Waals surface area contributed by atoms with E-state index in [2.05, 4.69) is 10.3 Å². The van der Waals surface area contributed by atoms with Crippen molar-refractivity contribution in [3.63, 3.8) is 0 Å². The van der Waals surface area contributed by atoms with E-state index in [1.165, 1.54) is 13.3 Å². The van der Waals surface area contributed by atoms with Gasteiger partial charge in [-0.2, -0.15) is 10.1 Å². The predicted octanol–water partition coefficient (Wildman–Crippen LogP) is 6.02. The molecule has 3 heterocycles. The van der Waals surface area contributed by atoms with Crippen LogP contribution >= 0.6 is 11.6 Å². The SMILES string of the molecule is COC(=O)[C@@H](NC(=O)c1cnc(N2CCC(F)(F)CC2)nc1N1CC(c2ccccc2)C(c2ccc(Cl)cc2)=N1)c1ccccc1. The normalized spacial score (nSPS) is 18.1. The molecule has 0 bridgehead atoms. The summed E-state index contributed by atoms with van der Waals surface area (Å²) in [7, 11) is 1.25. The van der Waals surface area contributed by atoms with Gasteiger partial charge in [-0.1, -0.05) is 84.4 Å². The zero-order valence-corrected chi connectivity index (χ0v) is 25.7. The van der Waals surface area contributed by atoms with Crippen LogP contribution in [0.15, 0.2) is 96.2 Å². The number of carbonyl (C=O) groups excluding carboxylic acids is 2. The summed E-state index contributed by atoms with van der Waals surface area (Å²) in [6.45, 7) is 0.445. The maximum absolute atomic E-state index is 14.0. The van der Waals surface area contributed by atoms with Crippen molar-refractivity contribution in [2.24, 2.45) is 5.10 Å². The lowest BCUT2D eigenvalue weighted by molar-refractivity contribution is -0.143. The minimum Gasteiger partial charge on any atom is -0.467 e. The summed E-state index contributed by atoms with van der Waals surface area (Å²) in [5.41, 5.74) is 3.18. The fourth-order valence-corrected chi connectivity index (χ4v) is 5.75. The number of anilines is 2. The van der Waals surface area contributed by atoms with E-state index in [0.29, 0.717) is 17.1 Å². The van der Waals surface area contributed by atoms with E-state index < -0.39 is 23.8 Å². The number of benzene rings is 3. The van der Waals surface area contributed by atoms with Crippen LogP contribution in [0.2, 0.25) is 5.02 Å². The third-order valence-corrected chi connectivity index (χ3v) is 8.38. The molecule has 1 fully saturated rings. The predicted molar refractivity (Wildman–Crippen MR) is 172 cm³/mol. The van der Waals surface area contributed by atoms with E-state index >= 15 is 0 Å². The smallest absolute Gasteiger partial charge is 0.333 e. The fraction of sp³-hybridized carbons (Fsp3) is 0.265. The maximum atomic E-state index is 14.0. The number of methoxy groups -OCH3 is 1. The number of hydrogen-bond donors (Lipinski definition) is 1. The lowest BCUT2D eigenvalue weighted by atomic mass is 9.90. The number of hydrogen-bond acceptors (Lipinski definition) is 8. The van der Waals surface area contributed by atoms with Crippen LogP contribution in [0.4, 0.5) is 20.5 Å². The van der Waals surface area contributed by atoms with Crippen LogP contribution < -0.4 is 15.2 Å². The number of nitrogens with zero attached hydrogens (tertiary/aromatic N) is 5. The van der Waals surface area contributed by atoms with Crippen molar-refractivity contribution in [3.05, 3.63) is 118 Å². The number of carbonyl (C=O) groups is 2. The first kappa shape index (κ1) is 31.1. The first-order valence-corrected chi connectivity index (χ1v) is 15.2. The highest BCUT2D eigenvalue weighted by atomic mass is 35.5. The van der Waals surface area contributed by atoms with E-state index in [4.69, 9.17) is 26.4 Å². The Hall–Kier alpha value is -4.90. The molecule has 0 spiro atoms. The van der Waals surface area contributed by atoms with Crippen LogP contribution in [0.5, 0.6) is 0 Å². The number of aromatic nitrogens is 2. The Bertz CT molecular complexity index is 1730. The van der Waals surface area contributed by atoms with E-state index in [0.717, 1.165) is 16.8 Å². The lowest BCUT2D eigenvalue weighted by Crippen LogP contribution is -2.40. The standard InChI is InChI=1S/C34H31ClF2N6O3/c1-46-32(45)29(23-10-6-3-7-11-23)39-31(44)26-20-38-33(42-18-16-34(36,37)17-19-42)40-30(26)43-21-27(22-8-4-2-5-9-22)28(41-43)24-12-14-25(35)15-13-24/h2-15,20,27,29H,16-19,21H2,1H3,(H,39,44)/t27?,29-/m0/s1. The molecule has 4 aromatic rings. The molecule has 2 aliphatic rings. The first-order valence-electron chi connectivity index (χ1n) is 14.8. The molecule has 46 heavy (non-hydrogen) atoms. The highest BCUT2D eigenvalue weighted by molar-refractivity contribution is 6.30. The van der Waals surface area contributed by atoms with Crippen molar-refractivity contribution < 1.29 is 23.1 Å².